The van der Waals surface area contributed by atoms with Crippen molar-refractivity contribution in [3.05, 3.63) is 64.2 Å². The molecule has 1 amide bonds. The molecule has 0 aromatic heterocycles. The molecule has 2 aromatic carbocycles. The van der Waals surface area contributed by atoms with Crippen LogP contribution in [0.25, 0.3) is 0 Å². The van der Waals surface area contributed by atoms with Crippen molar-refractivity contribution in [2.45, 2.75) is 24.7 Å². The van der Waals surface area contributed by atoms with Gasteiger partial charge >= 0.3 is 0 Å². The first kappa shape index (κ1) is 20.3. The van der Waals surface area contributed by atoms with Gasteiger partial charge in [0, 0.05) is 6.07 Å². The number of amides is 1. The molecular formula is C17H20N4O5S. The van der Waals surface area contributed by atoms with Crippen LogP contribution in [-0.4, -0.2) is 25.8 Å². The Labute approximate surface area is 157 Å². The van der Waals surface area contributed by atoms with Crippen LogP contribution in [-0.2, 0) is 14.8 Å². The average Bonchev–Trinajstić information content (AvgIpc) is 2.65. The fraction of sp³-hybridized carbons (Fsp3) is 0.235. The minimum atomic E-state index is -4.39. The molecule has 0 aliphatic heterocycles. The summed E-state index contributed by atoms with van der Waals surface area (Å²) in [5.41, 5.74) is 2.47. The van der Waals surface area contributed by atoms with Crippen molar-refractivity contribution in [1.29, 1.82) is 0 Å². The first-order valence-corrected chi connectivity index (χ1v) is 9.48. The van der Waals surface area contributed by atoms with Gasteiger partial charge in [0.1, 0.15) is 6.54 Å². The van der Waals surface area contributed by atoms with Crippen molar-refractivity contribution in [3.8, 4) is 0 Å². The summed E-state index contributed by atoms with van der Waals surface area (Å²) >= 11 is 0. The SMILES string of the molecule is CC(C)c1ccc(N(CC(=O)NN)S(=O)(=O)c2ccccc2[N+](=O)[O-])cc1. The number of benzene rings is 2. The summed E-state index contributed by atoms with van der Waals surface area (Å²) in [6.07, 6.45) is 0. The molecule has 0 spiro atoms. The number of para-hydroxylation sites is 1. The van der Waals surface area contributed by atoms with Gasteiger partial charge in [-0.3, -0.25) is 24.6 Å². The van der Waals surface area contributed by atoms with Crippen molar-refractivity contribution in [2.75, 3.05) is 10.8 Å². The summed E-state index contributed by atoms with van der Waals surface area (Å²) in [5, 5.41) is 11.2. The number of nitrogens with one attached hydrogen (secondary N) is 1. The smallest absolute Gasteiger partial charge is 0.289 e. The number of sulfonamides is 1. The van der Waals surface area contributed by atoms with E-state index < -0.39 is 38.0 Å². The lowest BCUT2D eigenvalue weighted by Crippen LogP contribution is -2.43. The average molecular weight is 392 g/mol. The van der Waals surface area contributed by atoms with Gasteiger partial charge in [-0.05, 0) is 29.7 Å². The highest BCUT2D eigenvalue weighted by Gasteiger charge is 2.33. The molecule has 144 valence electrons. The van der Waals surface area contributed by atoms with Gasteiger partial charge in [0.05, 0.1) is 10.6 Å². The number of hydrogen-bond donors (Lipinski definition) is 2. The van der Waals surface area contributed by atoms with E-state index in [0.717, 1.165) is 22.0 Å². The zero-order valence-corrected chi connectivity index (χ0v) is 15.6. The fourth-order valence-corrected chi connectivity index (χ4v) is 4.04. The number of hydrazine groups is 1. The molecule has 0 atom stereocenters. The summed E-state index contributed by atoms with van der Waals surface area (Å²) in [4.78, 5) is 21.8. The van der Waals surface area contributed by atoms with E-state index in [9.17, 15) is 23.3 Å². The van der Waals surface area contributed by atoms with Gasteiger partial charge < -0.3 is 0 Å². The lowest BCUT2D eigenvalue weighted by Gasteiger charge is -2.24. The summed E-state index contributed by atoms with van der Waals surface area (Å²) in [7, 11) is -4.39. The van der Waals surface area contributed by atoms with Crippen LogP contribution in [0.3, 0.4) is 0 Å². The molecule has 9 nitrogen and oxygen atoms in total. The van der Waals surface area contributed by atoms with E-state index in [1.54, 1.807) is 24.3 Å². The second kappa shape index (κ2) is 8.14. The molecule has 0 saturated heterocycles. The first-order valence-electron chi connectivity index (χ1n) is 8.04. The Kier molecular flexibility index (Phi) is 6.13. The molecule has 3 N–H and O–H groups in total. The van der Waals surface area contributed by atoms with E-state index in [0.29, 0.717) is 0 Å². The van der Waals surface area contributed by atoms with Gasteiger partial charge in [0.25, 0.3) is 21.6 Å². The van der Waals surface area contributed by atoms with Crippen molar-refractivity contribution in [1.82, 2.24) is 5.43 Å². The summed E-state index contributed by atoms with van der Waals surface area (Å²) in [6.45, 7) is 3.35. The zero-order valence-electron chi connectivity index (χ0n) is 14.8. The van der Waals surface area contributed by atoms with Crippen LogP contribution in [0.2, 0.25) is 0 Å². The number of hydrogen-bond acceptors (Lipinski definition) is 6. The standard InChI is InChI=1S/C17H20N4O5S/c1-12(2)13-7-9-14(10-8-13)20(11-17(22)19-18)27(25,26)16-6-4-3-5-15(16)21(23)24/h3-10,12H,11,18H2,1-2H3,(H,19,22). The fourth-order valence-electron chi connectivity index (χ4n) is 2.46. The van der Waals surface area contributed by atoms with Crippen LogP contribution in [0.15, 0.2) is 53.4 Å². The molecule has 0 aliphatic carbocycles. The molecule has 0 radical (unpaired) electrons. The van der Waals surface area contributed by atoms with Gasteiger partial charge in [0.15, 0.2) is 4.90 Å². The number of rotatable bonds is 7. The molecule has 10 heteroatoms. The number of nitrogens with zero attached hydrogens (tertiary/aromatic N) is 2. The Bertz CT molecular complexity index is 942. The minimum Gasteiger partial charge on any atom is -0.293 e. The van der Waals surface area contributed by atoms with Gasteiger partial charge in [-0.25, -0.2) is 14.3 Å². The lowest BCUT2D eigenvalue weighted by molar-refractivity contribution is -0.387. The summed E-state index contributed by atoms with van der Waals surface area (Å²) in [5.74, 6) is 4.56. The third-order valence-corrected chi connectivity index (χ3v) is 5.75. The van der Waals surface area contributed by atoms with Crippen LogP contribution in [0.1, 0.15) is 25.3 Å². The Hall–Kier alpha value is -2.98. The predicted molar refractivity (Wildman–Crippen MR) is 100 cm³/mol. The van der Waals surface area contributed by atoms with Gasteiger partial charge in [-0.15, -0.1) is 0 Å². The Morgan fingerprint density at radius 2 is 1.78 bits per heavy atom. The highest BCUT2D eigenvalue weighted by molar-refractivity contribution is 7.93. The highest BCUT2D eigenvalue weighted by atomic mass is 32.2. The van der Waals surface area contributed by atoms with Crippen LogP contribution < -0.4 is 15.6 Å². The molecule has 27 heavy (non-hydrogen) atoms. The van der Waals surface area contributed by atoms with Crippen LogP contribution >= 0.6 is 0 Å². The topological polar surface area (TPSA) is 136 Å². The lowest BCUT2D eigenvalue weighted by atomic mass is 10.0. The number of nitrogens with two attached hydrogens (primary N) is 1. The summed E-state index contributed by atoms with van der Waals surface area (Å²) < 4.78 is 27.1. The number of carbonyl (C=O) groups excluding carboxylic acids is 1. The normalized spacial score (nSPS) is 11.3. The van der Waals surface area contributed by atoms with E-state index in [1.165, 1.54) is 12.1 Å². The third-order valence-electron chi connectivity index (χ3n) is 3.93. The molecule has 0 fully saturated rings. The Morgan fingerprint density at radius 3 is 2.30 bits per heavy atom. The second-order valence-electron chi connectivity index (χ2n) is 6.05. The van der Waals surface area contributed by atoms with Crippen molar-refractivity contribution in [2.24, 2.45) is 5.84 Å². The van der Waals surface area contributed by atoms with Crippen LogP contribution in [0, 0.1) is 10.1 Å². The zero-order chi connectivity index (χ0) is 20.2. The van der Waals surface area contributed by atoms with E-state index in [4.69, 9.17) is 5.84 Å². The minimum absolute atomic E-state index is 0.196. The molecule has 2 rings (SSSR count). The maximum absolute atomic E-state index is 13.1. The quantitative estimate of drug-likeness (QED) is 0.320. The monoisotopic (exact) mass is 392 g/mol. The molecule has 0 saturated carbocycles. The molecule has 0 heterocycles. The predicted octanol–water partition coefficient (Wildman–Crippen LogP) is 1.90. The first-order chi connectivity index (χ1) is 12.7. The second-order valence-corrected chi connectivity index (χ2v) is 7.88. The maximum Gasteiger partial charge on any atom is 0.289 e. The van der Waals surface area contributed by atoms with E-state index in [2.05, 4.69) is 0 Å². The summed E-state index contributed by atoms with van der Waals surface area (Å²) in [6, 6.07) is 11.5. The van der Waals surface area contributed by atoms with E-state index in [-0.39, 0.29) is 11.6 Å². The van der Waals surface area contributed by atoms with Crippen molar-refractivity contribution in [3.63, 3.8) is 0 Å². The van der Waals surface area contributed by atoms with Gasteiger partial charge in [-0.1, -0.05) is 38.1 Å². The largest absolute Gasteiger partial charge is 0.293 e. The van der Waals surface area contributed by atoms with Crippen LogP contribution in [0.4, 0.5) is 11.4 Å². The molecule has 2 aromatic rings. The van der Waals surface area contributed by atoms with Gasteiger partial charge in [0.2, 0.25) is 0 Å². The van der Waals surface area contributed by atoms with Gasteiger partial charge in [-0.2, -0.15) is 0 Å². The number of nitro groups is 1. The number of nitro benzene ring substituents is 1. The Balaban J connectivity index is 2.59. The van der Waals surface area contributed by atoms with E-state index >= 15 is 0 Å². The number of anilines is 1. The molecular weight excluding hydrogens is 372 g/mol. The van der Waals surface area contributed by atoms with Crippen LogP contribution in [0.5, 0.6) is 0 Å². The molecule has 0 unspecified atom stereocenters. The van der Waals surface area contributed by atoms with E-state index in [1.807, 2.05) is 19.3 Å². The van der Waals surface area contributed by atoms with Crippen molar-refractivity contribution < 1.29 is 18.1 Å². The molecule has 0 aliphatic rings. The highest BCUT2D eigenvalue weighted by Crippen LogP contribution is 2.30. The number of carbonyl (C=O) groups is 1. The maximum atomic E-state index is 13.1. The molecule has 0 bridgehead atoms. The third kappa shape index (κ3) is 4.41. The Morgan fingerprint density at radius 1 is 1.19 bits per heavy atom. The van der Waals surface area contributed by atoms with Crippen molar-refractivity contribution >= 4 is 27.3 Å².